The minimum Gasteiger partial charge on any atom is -0.409 e. The molecule has 4 N–H and O–H groups in total. The van der Waals surface area contributed by atoms with Gasteiger partial charge < -0.3 is 10.9 Å². The Morgan fingerprint density at radius 3 is 2.47 bits per heavy atom. The van der Waals surface area contributed by atoms with Gasteiger partial charge in [-0.1, -0.05) is 42.2 Å². The summed E-state index contributed by atoms with van der Waals surface area (Å²) < 4.78 is 27.0. The molecule has 10 heteroatoms. The molecular weight excluding hydrogens is 333 g/mol. The van der Waals surface area contributed by atoms with E-state index in [1.807, 2.05) is 0 Å². The Bertz CT molecular complexity index is 584. The molecule has 0 aliphatic heterocycles. The van der Waals surface area contributed by atoms with Gasteiger partial charge in [0.05, 0.1) is 10.4 Å². The maximum atomic E-state index is 12.2. The molecule has 108 valence electrons. The zero-order chi connectivity index (χ0) is 14.8. The van der Waals surface area contributed by atoms with Crippen LogP contribution in [0.3, 0.4) is 0 Å². The first-order chi connectivity index (χ1) is 8.69. The van der Waals surface area contributed by atoms with Crippen LogP contribution < -0.4 is 10.5 Å². The lowest BCUT2D eigenvalue weighted by atomic mass is 10.1. The Hall–Kier alpha value is -0.540. The number of amidine groups is 1. The number of sulfonamides is 1. The Morgan fingerprint density at radius 2 is 2.11 bits per heavy atom. The lowest BCUT2D eigenvalue weighted by Gasteiger charge is -2.20. The van der Waals surface area contributed by atoms with E-state index in [1.165, 1.54) is 6.07 Å². The monoisotopic (exact) mass is 345 g/mol. The van der Waals surface area contributed by atoms with Crippen molar-refractivity contribution in [1.82, 2.24) is 4.72 Å². The molecule has 0 saturated carbocycles. The molecule has 0 fully saturated rings. The van der Waals surface area contributed by atoms with Crippen molar-refractivity contribution in [3.8, 4) is 0 Å². The van der Waals surface area contributed by atoms with Gasteiger partial charge in [-0.15, -0.1) is 11.3 Å². The zero-order valence-corrected chi connectivity index (χ0v) is 13.2. The molecule has 6 nitrogen and oxygen atoms in total. The molecule has 1 atom stereocenters. The lowest BCUT2D eigenvalue weighted by Crippen LogP contribution is -2.47. The molecule has 0 amide bonds. The highest BCUT2D eigenvalue weighted by Crippen LogP contribution is 2.34. The highest BCUT2D eigenvalue weighted by atomic mass is 35.5. The summed E-state index contributed by atoms with van der Waals surface area (Å²) in [6, 6.07) is 0.408. The number of hydrogen-bond acceptors (Lipinski definition) is 5. The van der Waals surface area contributed by atoms with E-state index in [0.29, 0.717) is 0 Å². The van der Waals surface area contributed by atoms with Crippen LogP contribution in [0.25, 0.3) is 0 Å². The molecule has 0 aliphatic carbocycles. The van der Waals surface area contributed by atoms with Crippen LogP contribution in [0.4, 0.5) is 0 Å². The van der Waals surface area contributed by atoms with Crippen molar-refractivity contribution in [1.29, 1.82) is 0 Å². The van der Waals surface area contributed by atoms with Crippen molar-refractivity contribution < 1.29 is 13.6 Å². The predicted octanol–water partition coefficient (Wildman–Crippen LogP) is 2.10. The summed E-state index contributed by atoms with van der Waals surface area (Å²) in [5, 5.41) is 11.5. The SMILES string of the molecule is CC(C)C(NS(=O)(=O)c1cc(Cl)sc1Cl)C(N)=NO. The quantitative estimate of drug-likeness (QED) is 0.329. The maximum Gasteiger partial charge on any atom is 0.243 e. The van der Waals surface area contributed by atoms with Crippen LogP contribution in [-0.4, -0.2) is 25.5 Å². The second-order valence-electron chi connectivity index (χ2n) is 4.06. The van der Waals surface area contributed by atoms with Crippen molar-refractivity contribution in [3.05, 3.63) is 14.7 Å². The van der Waals surface area contributed by atoms with Gasteiger partial charge in [-0.3, -0.25) is 0 Å². The van der Waals surface area contributed by atoms with E-state index in [9.17, 15) is 8.42 Å². The van der Waals surface area contributed by atoms with E-state index in [2.05, 4.69) is 9.88 Å². The molecule has 1 aromatic heterocycles. The molecule has 19 heavy (non-hydrogen) atoms. The second kappa shape index (κ2) is 6.27. The molecule has 0 saturated heterocycles. The second-order valence-corrected chi connectivity index (χ2v) is 8.02. The molecule has 0 radical (unpaired) electrons. The number of nitrogens with two attached hydrogens (primary N) is 1. The van der Waals surface area contributed by atoms with Crippen molar-refractivity contribution >= 4 is 50.4 Å². The normalized spacial score (nSPS) is 14.9. The van der Waals surface area contributed by atoms with E-state index >= 15 is 0 Å². The minimum absolute atomic E-state index is 0.0551. The van der Waals surface area contributed by atoms with Gasteiger partial charge in [-0.05, 0) is 12.0 Å². The van der Waals surface area contributed by atoms with Crippen LogP contribution in [0, 0.1) is 5.92 Å². The fourth-order valence-electron chi connectivity index (χ4n) is 1.34. The maximum absolute atomic E-state index is 12.2. The van der Waals surface area contributed by atoms with Crippen molar-refractivity contribution in [2.75, 3.05) is 0 Å². The standard InChI is InChI=1S/C9H13Cl2N3O3S2/c1-4(2)7(9(12)13-15)14-19(16,17)5-3-6(10)18-8(5)11/h3-4,7,14-15H,1-2H3,(H2,12,13). The van der Waals surface area contributed by atoms with Gasteiger partial charge in [0.15, 0.2) is 5.84 Å². The summed E-state index contributed by atoms with van der Waals surface area (Å²) in [4.78, 5) is -0.124. The van der Waals surface area contributed by atoms with Gasteiger partial charge >= 0.3 is 0 Å². The third-order valence-electron chi connectivity index (χ3n) is 2.30. The molecular formula is C9H13Cl2N3O3S2. The number of oxime groups is 1. The van der Waals surface area contributed by atoms with Crippen LogP contribution in [0.1, 0.15) is 13.8 Å². The highest BCUT2D eigenvalue weighted by molar-refractivity contribution is 7.89. The number of hydrogen-bond donors (Lipinski definition) is 3. The molecule has 1 unspecified atom stereocenters. The van der Waals surface area contributed by atoms with Gasteiger partial charge in [-0.25, -0.2) is 13.1 Å². The van der Waals surface area contributed by atoms with Crippen molar-refractivity contribution in [2.24, 2.45) is 16.8 Å². The summed E-state index contributed by atoms with van der Waals surface area (Å²) >= 11 is 12.5. The molecule has 0 aliphatic rings. The van der Waals surface area contributed by atoms with Gasteiger partial charge in [0.2, 0.25) is 10.0 Å². The van der Waals surface area contributed by atoms with Crippen molar-refractivity contribution in [3.63, 3.8) is 0 Å². The first-order valence-corrected chi connectivity index (χ1v) is 8.19. The number of rotatable bonds is 5. The van der Waals surface area contributed by atoms with E-state index < -0.39 is 16.1 Å². The van der Waals surface area contributed by atoms with E-state index in [1.54, 1.807) is 13.8 Å². The molecule has 1 aromatic rings. The fourth-order valence-corrected chi connectivity index (χ4v) is 4.85. The number of nitrogens with one attached hydrogen (secondary N) is 1. The average molecular weight is 346 g/mol. The summed E-state index contributed by atoms with van der Waals surface area (Å²) in [5.74, 6) is -0.436. The number of nitrogens with zero attached hydrogens (tertiary/aromatic N) is 1. The Morgan fingerprint density at radius 1 is 1.53 bits per heavy atom. The van der Waals surface area contributed by atoms with Gasteiger partial charge in [-0.2, -0.15) is 0 Å². The third-order valence-corrected chi connectivity index (χ3v) is 5.49. The summed E-state index contributed by atoms with van der Waals surface area (Å²) in [5.41, 5.74) is 5.46. The third kappa shape index (κ3) is 3.96. The molecule has 0 bridgehead atoms. The Balaban J connectivity index is 3.11. The molecule has 1 heterocycles. The predicted molar refractivity (Wildman–Crippen MR) is 76.7 cm³/mol. The first kappa shape index (κ1) is 16.5. The fraction of sp³-hybridized carbons (Fsp3) is 0.444. The summed E-state index contributed by atoms with van der Waals surface area (Å²) in [6.45, 7) is 3.46. The van der Waals surface area contributed by atoms with Gasteiger partial charge in [0.25, 0.3) is 0 Å². The van der Waals surface area contributed by atoms with E-state index in [-0.39, 0.29) is 25.3 Å². The van der Waals surface area contributed by atoms with Crippen LogP contribution in [0.5, 0.6) is 0 Å². The van der Waals surface area contributed by atoms with Crippen LogP contribution in [-0.2, 0) is 10.0 Å². The van der Waals surface area contributed by atoms with E-state index in [4.69, 9.17) is 34.1 Å². The Kier molecular flexibility index (Phi) is 5.45. The summed E-state index contributed by atoms with van der Waals surface area (Å²) in [6.07, 6.45) is 0. The zero-order valence-electron chi connectivity index (χ0n) is 10.1. The van der Waals surface area contributed by atoms with Crippen molar-refractivity contribution in [2.45, 2.75) is 24.8 Å². The lowest BCUT2D eigenvalue weighted by molar-refractivity contribution is 0.313. The highest BCUT2D eigenvalue weighted by Gasteiger charge is 2.28. The first-order valence-electron chi connectivity index (χ1n) is 5.13. The Labute approximate surface area is 125 Å². The van der Waals surface area contributed by atoms with Gasteiger partial charge in [0.1, 0.15) is 9.23 Å². The number of halogens is 2. The topological polar surface area (TPSA) is 105 Å². The van der Waals surface area contributed by atoms with Crippen LogP contribution in [0.2, 0.25) is 8.67 Å². The number of thiophene rings is 1. The average Bonchev–Trinajstić information content (AvgIpc) is 2.65. The smallest absolute Gasteiger partial charge is 0.243 e. The van der Waals surface area contributed by atoms with Crippen LogP contribution >= 0.6 is 34.5 Å². The minimum atomic E-state index is -3.90. The molecule has 1 rings (SSSR count). The van der Waals surface area contributed by atoms with E-state index in [0.717, 1.165) is 11.3 Å². The largest absolute Gasteiger partial charge is 0.409 e. The van der Waals surface area contributed by atoms with Crippen LogP contribution in [0.15, 0.2) is 16.1 Å². The molecule has 0 aromatic carbocycles. The summed E-state index contributed by atoms with van der Waals surface area (Å²) in [7, 11) is -3.90. The van der Waals surface area contributed by atoms with Gasteiger partial charge in [0, 0.05) is 0 Å². The molecule has 0 spiro atoms.